The molecule has 0 fully saturated rings. The predicted octanol–water partition coefficient (Wildman–Crippen LogP) is 3.14. The number of carbonyl (C=O) groups is 1. The van der Waals surface area contributed by atoms with E-state index in [9.17, 15) is 4.79 Å². The second kappa shape index (κ2) is 5.67. The fourth-order valence-electron chi connectivity index (χ4n) is 1.51. The van der Waals surface area contributed by atoms with Gasteiger partial charge in [-0.15, -0.1) is 10.2 Å². The molecule has 0 aliphatic carbocycles. The summed E-state index contributed by atoms with van der Waals surface area (Å²) in [5, 5.41) is 14.2. The Morgan fingerprint density at radius 2 is 1.84 bits per heavy atom. The second-order valence-corrected chi connectivity index (χ2v) is 4.51. The van der Waals surface area contributed by atoms with Gasteiger partial charge in [-0.25, -0.2) is 0 Å². The molecule has 0 aliphatic heterocycles. The monoisotopic (exact) mass is 276 g/mol. The Bertz CT molecular complexity index is 598. The maximum atomic E-state index is 10.9. The lowest BCUT2D eigenvalue weighted by molar-refractivity contribution is -0.114. The molecule has 0 atom stereocenters. The highest BCUT2D eigenvalue weighted by atomic mass is 35.5. The molecule has 0 radical (unpaired) electrons. The van der Waals surface area contributed by atoms with Gasteiger partial charge >= 0.3 is 0 Å². The number of hydrogen-bond acceptors (Lipinski definition) is 4. The summed E-state index contributed by atoms with van der Waals surface area (Å²) in [6.07, 6.45) is 0. The molecule has 1 amide bonds. The van der Waals surface area contributed by atoms with Gasteiger partial charge in [0.05, 0.1) is 0 Å². The number of nitrogens with zero attached hydrogens (tertiary/aromatic N) is 2. The Kier molecular flexibility index (Phi) is 3.97. The zero-order valence-corrected chi connectivity index (χ0v) is 11.3. The summed E-state index contributed by atoms with van der Waals surface area (Å²) >= 11 is 5.94. The highest BCUT2D eigenvalue weighted by Gasteiger charge is 2.03. The first-order valence-electron chi connectivity index (χ1n) is 5.69. The molecule has 1 aromatic heterocycles. The summed E-state index contributed by atoms with van der Waals surface area (Å²) in [7, 11) is 0. The average Bonchev–Trinajstić information content (AvgIpc) is 2.35. The van der Waals surface area contributed by atoms with Crippen molar-refractivity contribution in [3.05, 3.63) is 40.9 Å². The van der Waals surface area contributed by atoms with Crippen LogP contribution in [-0.4, -0.2) is 16.1 Å². The summed E-state index contributed by atoms with van der Waals surface area (Å²) < 4.78 is 0. The molecule has 98 valence electrons. The summed E-state index contributed by atoms with van der Waals surface area (Å²) in [5.41, 5.74) is 1.92. The molecule has 1 heterocycles. The third-order valence-corrected chi connectivity index (χ3v) is 2.67. The van der Waals surface area contributed by atoms with E-state index >= 15 is 0 Å². The number of amides is 1. The van der Waals surface area contributed by atoms with Gasteiger partial charge in [0.2, 0.25) is 5.91 Å². The van der Waals surface area contributed by atoms with Crippen molar-refractivity contribution in [1.29, 1.82) is 0 Å². The Hall–Kier alpha value is -2.14. The molecule has 0 spiro atoms. The zero-order chi connectivity index (χ0) is 13.8. The first-order chi connectivity index (χ1) is 9.04. The van der Waals surface area contributed by atoms with Crippen molar-refractivity contribution >= 4 is 34.8 Å². The van der Waals surface area contributed by atoms with E-state index in [1.54, 1.807) is 12.1 Å². The molecule has 0 aliphatic rings. The average molecular weight is 277 g/mol. The van der Waals surface area contributed by atoms with Gasteiger partial charge in [0.25, 0.3) is 0 Å². The number of nitrogens with one attached hydrogen (secondary N) is 2. The van der Waals surface area contributed by atoms with Crippen molar-refractivity contribution in [3.8, 4) is 0 Å². The summed E-state index contributed by atoms with van der Waals surface area (Å²) in [4.78, 5) is 10.9. The lowest BCUT2D eigenvalue weighted by Crippen LogP contribution is -2.08. The van der Waals surface area contributed by atoms with Crippen LogP contribution in [0.4, 0.5) is 17.3 Å². The third kappa shape index (κ3) is 3.66. The topological polar surface area (TPSA) is 66.9 Å². The van der Waals surface area contributed by atoms with Crippen LogP contribution in [0.3, 0.4) is 0 Å². The van der Waals surface area contributed by atoms with Gasteiger partial charge in [0.15, 0.2) is 11.6 Å². The summed E-state index contributed by atoms with van der Waals surface area (Å²) in [5.74, 6) is 0.820. The number of benzene rings is 1. The van der Waals surface area contributed by atoms with Crippen LogP contribution >= 0.6 is 11.6 Å². The van der Waals surface area contributed by atoms with Crippen LogP contribution in [-0.2, 0) is 4.79 Å². The van der Waals surface area contributed by atoms with Crippen molar-refractivity contribution in [2.45, 2.75) is 13.8 Å². The maximum absolute atomic E-state index is 10.9. The van der Waals surface area contributed by atoms with E-state index < -0.39 is 0 Å². The van der Waals surface area contributed by atoms with Crippen molar-refractivity contribution in [2.75, 3.05) is 10.6 Å². The minimum Gasteiger partial charge on any atom is -0.338 e. The quantitative estimate of drug-likeness (QED) is 0.904. The number of halogens is 1. The van der Waals surface area contributed by atoms with Crippen molar-refractivity contribution in [2.24, 2.45) is 0 Å². The molecule has 2 aromatic rings. The first-order valence-corrected chi connectivity index (χ1v) is 6.07. The number of anilines is 3. The van der Waals surface area contributed by atoms with E-state index in [0.29, 0.717) is 16.7 Å². The molecule has 2 rings (SSSR count). The highest BCUT2D eigenvalue weighted by molar-refractivity contribution is 6.30. The lowest BCUT2D eigenvalue weighted by Gasteiger charge is -2.09. The Labute approximate surface area is 116 Å². The molecule has 0 saturated heterocycles. The number of aryl methyl sites for hydroxylation is 1. The number of rotatable bonds is 3. The molecule has 0 bridgehead atoms. The molecular formula is C13H13ClN4O. The van der Waals surface area contributed by atoms with Gasteiger partial charge in [-0.05, 0) is 36.8 Å². The minimum absolute atomic E-state index is 0.180. The number of carbonyl (C=O) groups excluding carboxylic acids is 1. The standard InChI is InChI=1S/C13H13ClN4O/c1-8-3-4-10(14)7-11(8)16-13-6-5-12(17-18-13)15-9(2)19/h3-7H,1-2H3,(H,16,18)(H,15,17,19). The lowest BCUT2D eigenvalue weighted by atomic mass is 10.2. The maximum Gasteiger partial charge on any atom is 0.222 e. The Morgan fingerprint density at radius 3 is 2.47 bits per heavy atom. The minimum atomic E-state index is -0.180. The van der Waals surface area contributed by atoms with Gasteiger partial charge in [0.1, 0.15) is 0 Å². The van der Waals surface area contributed by atoms with Gasteiger partial charge in [0, 0.05) is 17.6 Å². The molecule has 2 N–H and O–H groups in total. The van der Waals surface area contributed by atoms with Crippen molar-refractivity contribution in [1.82, 2.24) is 10.2 Å². The molecule has 5 nitrogen and oxygen atoms in total. The van der Waals surface area contributed by atoms with Crippen LogP contribution in [0.15, 0.2) is 30.3 Å². The van der Waals surface area contributed by atoms with E-state index in [0.717, 1.165) is 11.3 Å². The van der Waals surface area contributed by atoms with E-state index in [1.807, 2.05) is 25.1 Å². The molecule has 0 unspecified atom stereocenters. The normalized spacial score (nSPS) is 10.1. The van der Waals surface area contributed by atoms with Crippen LogP contribution in [0.2, 0.25) is 5.02 Å². The van der Waals surface area contributed by atoms with Gasteiger partial charge in [-0.1, -0.05) is 17.7 Å². The molecule has 19 heavy (non-hydrogen) atoms. The fourth-order valence-corrected chi connectivity index (χ4v) is 1.68. The SMILES string of the molecule is CC(=O)Nc1ccc(Nc2cc(Cl)ccc2C)nn1. The van der Waals surface area contributed by atoms with E-state index in [2.05, 4.69) is 20.8 Å². The van der Waals surface area contributed by atoms with Crippen LogP contribution < -0.4 is 10.6 Å². The number of hydrogen-bond donors (Lipinski definition) is 2. The highest BCUT2D eigenvalue weighted by Crippen LogP contribution is 2.23. The second-order valence-electron chi connectivity index (χ2n) is 4.07. The third-order valence-electron chi connectivity index (χ3n) is 2.43. The number of aromatic nitrogens is 2. The van der Waals surface area contributed by atoms with Crippen LogP contribution in [0, 0.1) is 6.92 Å². The van der Waals surface area contributed by atoms with E-state index in [4.69, 9.17) is 11.6 Å². The van der Waals surface area contributed by atoms with Gasteiger partial charge in [-0.2, -0.15) is 0 Å². The summed E-state index contributed by atoms with van der Waals surface area (Å²) in [6.45, 7) is 3.39. The van der Waals surface area contributed by atoms with Gasteiger partial charge in [-0.3, -0.25) is 4.79 Å². The Balaban J connectivity index is 2.15. The molecule has 0 saturated carbocycles. The fraction of sp³-hybridized carbons (Fsp3) is 0.154. The zero-order valence-electron chi connectivity index (χ0n) is 10.6. The molecular weight excluding hydrogens is 264 g/mol. The van der Waals surface area contributed by atoms with Crippen LogP contribution in [0.25, 0.3) is 0 Å². The largest absolute Gasteiger partial charge is 0.338 e. The van der Waals surface area contributed by atoms with E-state index in [1.165, 1.54) is 6.92 Å². The smallest absolute Gasteiger partial charge is 0.222 e. The van der Waals surface area contributed by atoms with E-state index in [-0.39, 0.29) is 5.91 Å². The predicted molar refractivity (Wildman–Crippen MR) is 75.8 cm³/mol. The van der Waals surface area contributed by atoms with Crippen molar-refractivity contribution in [3.63, 3.8) is 0 Å². The first kappa shape index (κ1) is 13.3. The summed E-state index contributed by atoms with van der Waals surface area (Å²) in [6, 6.07) is 8.98. The Morgan fingerprint density at radius 1 is 1.16 bits per heavy atom. The molecule has 1 aromatic carbocycles. The van der Waals surface area contributed by atoms with Crippen LogP contribution in [0.5, 0.6) is 0 Å². The van der Waals surface area contributed by atoms with Crippen molar-refractivity contribution < 1.29 is 4.79 Å². The van der Waals surface area contributed by atoms with Gasteiger partial charge < -0.3 is 10.6 Å². The van der Waals surface area contributed by atoms with Crippen LogP contribution in [0.1, 0.15) is 12.5 Å². The molecule has 6 heteroatoms.